The molecule has 3 fully saturated rings. The summed E-state index contributed by atoms with van der Waals surface area (Å²) < 4.78 is 55.1. The van der Waals surface area contributed by atoms with Crippen molar-refractivity contribution in [2.75, 3.05) is 0 Å². The molecule has 0 saturated heterocycles. The smallest absolute Gasteiger partial charge is 0.403 e. The molecule has 4 rings (SSSR count). The van der Waals surface area contributed by atoms with Crippen LogP contribution in [0.4, 0.5) is 17.6 Å². The Hall–Kier alpha value is -1.26. The highest BCUT2D eigenvalue weighted by molar-refractivity contribution is 5.32. The van der Waals surface area contributed by atoms with Crippen molar-refractivity contribution in [1.29, 1.82) is 0 Å². The van der Waals surface area contributed by atoms with Crippen LogP contribution in [0, 0.1) is 35.4 Å². The van der Waals surface area contributed by atoms with Gasteiger partial charge in [-0.25, -0.2) is 4.39 Å². The fourth-order valence-corrected chi connectivity index (χ4v) is 6.99. The van der Waals surface area contributed by atoms with E-state index in [1.54, 1.807) is 6.07 Å². The van der Waals surface area contributed by atoms with E-state index in [0.29, 0.717) is 5.92 Å². The Morgan fingerprint density at radius 3 is 2.10 bits per heavy atom. The average molecular weight is 441 g/mol. The molecule has 0 unspecified atom stereocenters. The molecular formula is C26H36F4O. The molecule has 0 aromatic heterocycles. The van der Waals surface area contributed by atoms with Gasteiger partial charge in [-0.05, 0) is 105 Å². The molecule has 0 heterocycles. The maximum absolute atomic E-state index is 14.2. The lowest BCUT2D eigenvalue weighted by molar-refractivity contribution is -0.275. The lowest BCUT2D eigenvalue weighted by Crippen LogP contribution is -2.34. The molecule has 0 aliphatic heterocycles. The Labute approximate surface area is 183 Å². The number of alkyl halides is 3. The van der Waals surface area contributed by atoms with E-state index in [1.165, 1.54) is 70.3 Å². The maximum Gasteiger partial charge on any atom is 0.573 e. The van der Waals surface area contributed by atoms with Gasteiger partial charge in [0.2, 0.25) is 0 Å². The van der Waals surface area contributed by atoms with Crippen LogP contribution in [0.1, 0.15) is 95.5 Å². The second-order valence-corrected chi connectivity index (χ2v) is 10.4. The molecule has 0 spiro atoms. The highest BCUT2D eigenvalue weighted by atomic mass is 19.4. The highest BCUT2D eigenvalue weighted by Crippen LogP contribution is 2.51. The molecule has 0 amide bonds. The molecule has 174 valence electrons. The van der Waals surface area contributed by atoms with E-state index in [0.717, 1.165) is 48.1 Å². The third kappa shape index (κ3) is 5.76. The molecule has 3 saturated carbocycles. The van der Waals surface area contributed by atoms with E-state index in [4.69, 9.17) is 0 Å². The Morgan fingerprint density at radius 1 is 0.839 bits per heavy atom. The van der Waals surface area contributed by atoms with Crippen molar-refractivity contribution < 1.29 is 22.3 Å². The second kappa shape index (κ2) is 9.70. The number of benzene rings is 1. The van der Waals surface area contributed by atoms with Gasteiger partial charge in [-0.3, -0.25) is 0 Å². The summed E-state index contributed by atoms with van der Waals surface area (Å²) >= 11 is 0. The van der Waals surface area contributed by atoms with Gasteiger partial charge < -0.3 is 4.74 Å². The molecule has 3 aliphatic rings. The largest absolute Gasteiger partial charge is 0.573 e. The predicted molar refractivity (Wildman–Crippen MR) is 114 cm³/mol. The third-order valence-corrected chi connectivity index (χ3v) is 8.56. The summed E-state index contributed by atoms with van der Waals surface area (Å²) in [6, 6.07) is 4.01. The van der Waals surface area contributed by atoms with Gasteiger partial charge in [-0.2, -0.15) is 0 Å². The normalized spacial score (nSPS) is 34.2. The van der Waals surface area contributed by atoms with Crippen molar-refractivity contribution >= 4 is 0 Å². The molecule has 1 aromatic rings. The van der Waals surface area contributed by atoms with Crippen LogP contribution in [0.15, 0.2) is 18.2 Å². The van der Waals surface area contributed by atoms with E-state index >= 15 is 0 Å². The zero-order valence-electron chi connectivity index (χ0n) is 18.6. The first-order valence-electron chi connectivity index (χ1n) is 12.4. The van der Waals surface area contributed by atoms with Crippen molar-refractivity contribution in [3.8, 4) is 5.75 Å². The SMILES string of the molecule is CCC[C@H]1CC[C@H]([C@@H]2CC[C@@H]3C[C@H](c4ccc(OC(F)(F)F)c(F)c4)CC[C@@H]3C2)CC1. The van der Waals surface area contributed by atoms with Gasteiger partial charge in [0.05, 0.1) is 0 Å². The second-order valence-electron chi connectivity index (χ2n) is 10.4. The maximum atomic E-state index is 14.2. The van der Waals surface area contributed by atoms with Crippen molar-refractivity contribution in [3.05, 3.63) is 29.6 Å². The lowest BCUT2D eigenvalue weighted by atomic mass is 9.60. The Kier molecular flexibility index (Phi) is 7.17. The van der Waals surface area contributed by atoms with E-state index in [1.807, 2.05) is 0 Å². The number of halogens is 4. The quantitative estimate of drug-likeness (QED) is 0.416. The summed E-state index contributed by atoms with van der Waals surface area (Å²) in [6.07, 6.45) is 10.7. The van der Waals surface area contributed by atoms with Crippen molar-refractivity contribution in [3.63, 3.8) is 0 Å². The van der Waals surface area contributed by atoms with Gasteiger partial charge in [0.1, 0.15) is 0 Å². The van der Waals surface area contributed by atoms with Crippen LogP contribution >= 0.6 is 0 Å². The number of fused-ring (bicyclic) bond motifs is 1. The summed E-state index contributed by atoms with van der Waals surface area (Å²) in [5.41, 5.74) is 0.821. The van der Waals surface area contributed by atoms with E-state index in [9.17, 15) is 17.6 Å². The number of rotatable bonds is 5. The minimum atomic E-state index is -4.87. The number of ether oxygens (including phenoxy) is 1. The summed E-state index contributed by atoms with van der Waals surface area (Å²) in [7, 11) is 0. The van der Waals surface area contributed by atoms with Crippen molar-refractivity contribution in [1.82, 2.24) is 0 Å². The van der Waals surface area contributed by atoms with Crippen LogP contribution < -0.4 is 4.74 Å². The molecule has 5 heteroatoms. The fourth-order valence-electron chi connectivity index (χ4n) is 6.99. The minimum Gasteiger partial charge on any atom is -0.403 e. The van der Waals surface area contributed by atoms with Crippen LogP contribution in [0.3, 0.4) is 0 Å². The predicted octanol–water partition coefficient (Wildman–Crippen LogP) is 8.63. The Balaban J connectivity index is 1.31. The van der Waals surface area contributed by atoms with E-state index in [-0.39, 0.29) is 5.92 Å². The van der Waals surface area contributed by atoms with E-state index < -0.39 is 17.9 Å². The van der Waals surface area contributed by atoms with Gasteiger partial charge in [-0.1, -0.05) is 38.7 Å². The molecule has 31 heavy (non-hydrogen) atoms. The zero-order valence-corrected chi connectivity index (χ0v) is 18.6. The zero-order chi connectivity index (χ0) is 22.0. The first-order chi connectivity index (χ1) is 14.8. The van der Waals surface area contributed by atoms with Crippen LogP contribution in [-0.2, 0) is 0 Å². The standard InChI is InChI=1S/C26H36F4O/c1-2-3-17-4-6-18(7-5-17)19-8-9-21-15-22(11-10-20(21)14-19)23-12-13-25(24(27)16-23)31-26(28,29)30/h12-13,16-22H,2-11,14-15H2,1H3/t17-,18-,19-,20-,21-,22-/m1/s1. The van der Waals surface area contributed by atoms with Crippen molar-refractivity contribution in [2.45, 2.75) is 96.3 Å². The highest BCUT2D eigenvalue weighted by Gasteiger charge is 2.39. The van der Waals surface area contributed by atoms with Gasteiger partial charge in [0.25, 0.3) is 0 Å². The third-order valence-electron chi connectivity index (χ3n) is 8.56. The monoisotopic (exact) mass is 440 g/mol. The molecule has 0 N–H and O–H groups in total. The van der Waals surface area contributed by atoms with E-state index in [2.05, 4.69) is 11.7 Å². The average Bonchev–Trinajstić information content (AvgIpc) is 2.74. The Morgan fingerprint density at radius 2 is 1.45 bits per heavy atom. The first kappa shape index (κ1) is 22.9. The van der Waals surface area contributed by atoms with Gasteiger partial charge >= 0.3 is 6.36 Å². The summed E-state index contributed by atoms with van der Waals surface area (Å²) in [6.45, 7) is 2.29. The molecule has 1 aromatic carbocycles. The molecule has 1 nitrogen and oxygen atoms in total. The van der Waals surface area contributed by atoms with Gasteiger partial charge in [0.15, 0.2) is 11.6 Å². The Bertz CT molecular complexity index is 723. The number of hydrogen-bond donors (Lipinski definition) is 0. The minimum absolute atomic E-state index is 0.247. The van der Waals surface area contributed by atoms with Gasteiger partial charge in [-0.15, -0.1) is 13.2 Å². The topological polar surface area (TPSA) is 9.23 Å². The lowest BCUT2D eigenvalue weighted by Gasteiger charge is -2.45. The molecule has 4 atom stereocenters. The molecule has 0 bridgehead atoms. The van der Waals surface area contributed by atoms with Crippen LogP contribution in [0.25, 0.3) is 0 Å². The van der Waals surface area contributed by atoms with Crippen LogP contribution in [-0.4, -0.2) is 6.36 Å². The van der Waals surface area contributed by atoms with Crippen LogP contribution in [0.5, 0.6) is 5.75 Å². The molecule has 0 radical (unpaired) electrons. The fraction of sp³-hybridized carbons (Fsp3) is 0.769. The molecule has 3 aliphatic carbocycles. The molecular weight excluding hydrogens is 404 g/mol. The summed E-state index contributed by atoms with van der Waals surface area (Å²) in [5.74, 6) is 2.82. The van der Waals surface area contributed by atoms with Gasteiger partial charge in [0, 0.05) is 0 Å². The first-order valence-corrected chi connectivity index (χ1v) is 12.4. The number of hydrogen-bond acceptors (Lipinski definition) is 1. The summed E-state index contributed by atoms with van der Waals surface area (Å²) in [4.78, 5) is 0. The van der Waals surface area contributed by atoms with Crippen molar-refractivity contribution in [2.24, 2.45) is 29.6 Å². The summed E-state index contributed by atoms with van der Waals surface area (Å²) in [5, 5.41) is 0. The van der Waals surface area contributed by atoms with Crippen LogP contribution in [0.2, 0.25) is 0 Å².